The molecule has 7 heteroatoms. The number of nitrogens with one attached hydrogen (secondary N) is 1. The van der Waals surface area contributed by atoms with Crippen LogP contribution >= 0.6 is 11.3 Å². The number of hydrogen-bond acceptors (Lipinski definition) is 5. The maximum absolute atomic E-state index is 12.0. The van der Waals surface area contributed by atoms with E-state index in [-0.39, 0.29) is 7.40 Å². The molecular weight excluding hydrogens is 348 g/mol. The summed E-state index contributed by atoms with van der Waals surface area (Å²) < 4.78 is 6.74. The van der Waals surface area contributed by atoms with Crippen LogP contribution in [-0.2, 0) is 11.2 Å². The number of thiophene rings is 1. The largest absolute Gasteiger partial charge is 0.465 e. The Labute approximate surface area is 156 Å². The average molecular weight is 370 g/mol. The average Bonchev–Trinajstić information content (AvgIpc) is 3.32. The van der Waals surface area contributed by atoms with E-state index < -0.39 is 0 Å². The molecule has 0 atom stereocenters. The first-order chi connectivity index (χ1) is 12.5. The Bertz CT molecular complexity index is 1170. The summed E-state index contributed by atoms with van der Waals surface area (Å²) in [4.78, 5) is 21.6. The third-order valence-corrected chi connectivity index (χ3v) is 6.30. The van der Waals surface area contributed by atoms with E-state index >= 15 is 0 Å². The molecule has 4 aromatic heterocycles. The first kappa shape index (κ1) is 16.8. The summed E-state index contributed by atoms with van der Waals surface area (Å²) in [5.74, 6) is -0.281. The van der Waals surface area contributed by atoms with Crippen molar-refractivity contribution in [3.8, 4) is 11.3 Å². The van der Waals surface area contributed by atoms with Gasteiger partial charge in [-0.25, -0.2) is 14.3 Å². The van der Waals surface area contributed by atoms with E-state index in [9.17, 15) is 4.79 Å². The quantitative estimate of drug-likeness (QED) is 0.541. The zero-order chi connectivity index (χ0) is 18.6. The van der Waals surface area contributed by atoms with E-state index in [1.807, 2.05) is 17.6 Å². The number of aromatic nitrogens is 4. The molecule has 0 aliphatic carbocycles. The molecule has 0 bridgehead atoms. The second-order valence-electron chi connectivity index (χ2n) is 6.40. The molecule has 0 fully saturated rings. The van der Waals surface area contributed by atoms with Gasteiger partial charge in [-0.15, -0.1) is 11.3 Å². The third-order valence-electron chi connectivity index (χ3n) is 5.11. The maximum atomic E-state index is 12.0. The van der Waals surface area contributed by atoms with E-state index in [0.29, 0.717) is 4.88 Å². The van der Waals surface area contributed by atoms with Crippen LogP contribution in [0.25, 0.3) is 27.1 Å². The molecule has 136 valence electrons. The van der Waals surface area contributed by atoms with Gasteiger partial charge in [-0.3, -0.25) is 0 Å². The van der Waals surface area contributed by atoms with Gasteiger partial charge in [-0.1, -0.05) is 6.92 Å². The molecule has 1 N–H and O–H groups in total. The minimum absolute atomic E-state index is 0. The van der Waals surface area contributed by atoms with Crippen molar-refractivity contribution in [2.75, 3.05) is 7.11 Å². The highest BCUT2D eigenvalue weighted by atomic mass is 32.1. The zero-order valence-electron chi connectivity index (χ0n) is 15.4. The fourth-order valence-electron chi connectivity index (χ4n) is 3.60. The molecule has 0 amide bonds. The van der Waals surface area contributed by atoms with Crippen molar-refractivity contribution in [3.05, 3.63) is 39.7 Å². The van der Waals surface area contributed by atoms with Crippen molar-refractivity contribution in [3.63, 3.8) is 0 Å². The van der Waals surface area contributed by atoms with E-state index in [0.717, 1.165) is 44.7 Å². The van der Waals surface area contributed by atoms with E-state index in [1.54, 1.807) is 6.33 Å². The number of ether oxygens (including phenoxy) is 1. The van der Waals surface area contributed by atoms with Crippen molar-refractivity contribution >= 4 is 33.2 Å². The Balaban J connectivity index is 0.00000210. The van der Waals surface area contributed by atoms with Crippen molar-refractivity contribution in [1.82, 2.24) is 19.6 Å². The zero-order valence-corrected chi connectivity index (χ0v) is 16.2. The summed E-state index contributed by atoms with van der Waals surface area (Å²) in [6.07, 6.45) is 4.46. The van der Waals surface area contributed by atoms with Crippen LogP contribution in [0, 0.1) is 20.8 Å². The van der Waals surface area contributed by atoms with Gasteiger partial charge >= 0.3 is 5.97 Å². The summed E-state index contributed by atoms with van der Waals surface area (Å²) in [5, 5.41) is 5.43. The summed E-state index contributed by atoms with van der Waals surface area (Å²) in [6.45, 7) is 8.30. The van der Waals surface area contributed by atoms with E-state index in [4.69, 9.17) is 4.74 Å². The lowest BCUT2D eigenvalue weighted by atomic mass is 9.98. The molecule has 4 heterocycles. The van der Waals surface area contributed by atoms with Crippen molar-refractivity contribution in [2.24, 2.45) is 0 Å². The number of pyridine rings is 1. The minimum atomic E-state index is -0.281. The second-order valence-corrected chi connectivity index (χ2v) is 7.43. The van der Waals surface area contributed by atoms with Gasteiger partial charge in [0, 0.05) is 18.6 Å². The topological polar surface area (TPSA) is 72.3 Å². The smallest absolute Gasteiger partial charge is 0.348 e. The first-order valence-corrected chi connectivity index (χ1v) is 9.31. The number of H-pyrrole nitrogens is 1. The van der Waals surface area contributed by atoms with Crippen LogP contribution < -0.4 is 0 Å². The molecule has 0 saturated carbocycles. The molecule has 0 aliphatic rings. The summed E-state index contributed by atoms with van der Waals surface area (Å²) >= 11 is 1.45. The summed E-state index contributed by atoms with van der Waals surface area (Å²) in [6, 6.07) is 0. The number of methoxy groups -OCH3 is 1. The molecule has 0 radical (unpaired) electrons. The molecule has 4 aromatic rings. The molecule has 6 nitrogen and oxygen atoms in total. The molecule has 0 spiro atoms. The number of nitrogens with zero attached hydrogens (tertiary/aromatic N) is 3. The Morgan fingerprint density at radius 3 is 2.77 bits per heavy atom. The van der Waals surface area contributed by atoms with Crippen molar-refractivity contribution in [1.29, 1.82) is 0 Å². The SMILES string of the molecule is CCc1c(-c2cn3ncnc3c(C)c2C)[nH]c2sc(C(=O)OC)c(C)c12.[HH]. The molecule has 0 saturated heterocycles. The van der Waals surface area contributed by atoms with Crippen LogP contribution in [-0.4, -0.2) is 32.7 Å². The van der Waals surface area contributed by atoms with Gasteiger partial charge in [0.1, 0.15) is 16.0 Å². The number of carbonyl (C=O) groups excluding carboxylic acids is 1. The van der Waals surface area contributed by atoms with Gasteiger partial charge < -0.3 is 9.72 Å². The molecule has 0 aliphatic heterocycles. The van der Waals surface area contributed by atoms with Gasteiger partial charge in [0.25, 0.3) is 0 Å². The van der Waals surface area contributed by atoms with Gasteiger partial charge in [-0.2, -0.15) is 5.10 Å². The third kappa shape index (κ3) is 2.20. The van der Waals surface area contributed by atoms with Crippen LogP contribution in [0.2, 0.25) is 0 Å². The number of aryl methyl sites for hydroxylation is 3. The van der Waals surface area contributed by atoms with Crippen LogP contribution in [0.4, 0.5) is 0 Å². The van der Waals surface area contributed by atoms with Crippen molar-refractivity contribution < 1.29 is 11.0 Å². The van der Waals surface area contributed by atoms with Crippen LogP contribution in [0.15, 0.2) is 12.5 Å². The van der Waals surface area contributed by atoms with Crippen LogP contribution in [0.3, 0.4) is 0 Å². The molecule has 0 unspecified atom stereocenters. The highest BCUT2D eigenvalue weighted by molar-refractivity contribution is 7.20. The van der Waals surface area contributed by atoms with Gasteiger partial charge in [0.05, 0.1) is 12.8 Å². The molecule has 26 heavy (non-hydrogen) atoms. The summed E-state index contributed by atoms with van der Waals surface area (Å²) in [5.41, 5.74) is 7.57. The highest BCUT2D eigenvalue weighted by Gasteiger charge is 2.23. The minimum Gasteiger partial charge on any atom is -0.465 e. The summed E-state index contributed by atoms with van der Waals surface area (Å²) in [7, 11) is 1.42. The Hall–Kier alpha value is -2.67. The monoisotopic (exact) mass is 370 g/mol. The van der Waals surface area contributed by atoms with Crippen molar-refractivity contribution in [2.45, 2.75) is 34.1 Å². The maximum Gasteiger partial charge on any atom is 0.348 e. The first-order valence-electron chi connectivity index (χ1n) is 8.50. The van der Waals surface area contributed by atoms with Gasteiger partial charge in [0.15, 0.2) is 5.65 Å². The lowest BCUT2D eigenvalue weighted by Crippen LogP contribution is -2.00. The Morgan fingerprint density at radius 2 is 2.08 bits per heavy atom. The number of rotatable bonds is 3. The standard InChI is InChI=1S/C19H20N4O2S.H2/c1-6-12-14-11(4)16(19(24)25-5)26-18(14)22-15(12)13-7-23-17(20-8-21-23)10(3)9(13)2;/h7-8,22H,6H2,1-5H3;1H. The van der Waals surface area contributed by atoms with Gasteiger partial charge in [0.2, 0.25) is 0 Å². The lowest BCUT2D eigenvalue weighted by molar-refractivity contribution is 0.0605. The highest BCUT2D eigenvalue weighted by Crippen LogP contribution is 2.40. The number of fused-ring (bicyclic) bond motifs is 2. The Morgan fingerprint density at radius 1 is 1.31 bits per heavy atom. The predicted octanol–water partition coefficient (Wildman–Crippen LogP) is 4.46. The molecule has 4 rings (SSSR count). The number of esters is 1. The van der Waals surface area contributed by atoms with E-state index in [2.05, 4.69) is 35.8 Å². The van der Waals surface area contributed by atoms with Crippen LogP contribution in [0.5, 0.6) is 0 Å². The Kier molecular flexibility index (Phi) is 3.84. The molecular formula is C19H22N4O2S. The lowest BCUT2D eigenvalue weighted by Gasteiger charge is -2.11. The van der Waals surface area contributed by atoms with Crippen LogP contribution in [0.1, 0.15) is 40.3 Å². The number of carbonyl (C=O) groups is 1. The number of aromatic amines is 1. The fourth-order valence-corrected chi connectivity index (χ4v) is 4.76. The van der Waals surface area contributed by atoms with Gasteiger partial charge in [-0.05, 0) is 49.4 Å². The fraction of sp³-hybridized carbons (Fsp3) is 0.316. The van der Waals surface area contributed by atoms with E-state index in [1.165, 1.54) is 29.6 Å². The number of hydrogen-bond donors (Lipinski definition) is 1. The normalized spacial score (nSPS) is 11.6. The molecule has 0 aromatic carbocycles. The predicted molar refractivity (Wildman–Crippen MR) is 105 cm³/mol. The second kappa shape index (κ2) is 5.95.